The highest BCUT2D eigenvalue weighted by Crippen LogP contribution is 2.26. The van der Waals surface area contributed by atoms with Gasteiger partial charge in [0.25, 0.3) is 5.91 Å². The Labute approximate surface area is 95.6 Å². The number of carbonyl (C=O) groups is 1. The normalized spacial score (nSPS) is 30.2. The van der Waals surface area contributed by atoms with Gasteiger partial charge < -0.3 is 10.1 Å². The van der Waals surface area contributed by atoms with E-state index in [1.54, 1.807) is 0 Å². The van der Waals surface area contributed by atoms with Crippen molar-refractivity contribution >= 4 is 11.9 Å². The first-order valence-corrected chi connectivity index (χ1v) is 5.69. The molecule has 0 saturated carbocycles. The molecule has 0 radical (unpaired) electrons. The third kappa shape index (κ3) is 2.19. The van der Waals surface area contributed by atoms with Crippen LogP contribution >= 0.6 is 0 Å². The van der Waals surface area contributed by atoms with Crippen molar-refractivity contribution < 1.29 is 9.53 Å². The molecule has 16 heavy (non-hydrogen) atoms. The fourth-order valence-corrected chi connectivity index (χ4v) is 1.98. The summed E-state index contributed by atoms with van der Waals surface area (Å²) in [6.07, 6.45) is 1.66. The Kier molecular flexibility index (Phi) is 2.66. The van der Waals surface area contributed by atoms with E-state index >= 15 is 0 Å². The van der Waals surface area contributed by atoms with Crippen molar-refractivity contribution in [3.8, 4) is 0 Å². The monoisotopic (exact) mass is 225 g/mol. The summed E-state index contributed by atoms with van der Waals surface area (Å²) in [7, 11) is 0. The maximum atomic E-state index is 11.9. The van der Waals surface area contributed by atoms with Crippen molar-refractivity contribution in [1.29, 1.82) is 0 Å². The standard InChI is InChI=1S/C11H19N3O2/c1-10(2,3)13-9-12-8(15)11(14-9)5-4-6-16-7-11/h4-7H2,1-3H3,(H2,12,13,14,15). The SMILES string of the molecule is CC(C)(C)NC1=NC2(CCCOC2)C(=O)N1. The molecule has 1 atom stereocenters. The van der Waals surface area contributed by atoms with Gasteiger partial charge in [-0.15, -0.1) is 0 Å². The number of nitrogens with zero attached hydrogens (tertiary/aromatic N) is 1. The van der Waals surface area contributed by atoms with E-state index in [1.807, 2.05) is 20.8 Å². The van der Waals surface area contributed by atoms with Crippen molar-refractivity contribution in [1.82, 2.24) is 10.6 Å². The van der Waals surface area contributed by atoms with Crippen LogP contribution in [-0.4, -0.2) is 36.2 Å². The molecule has 2 rings (SSSR count). The fourth-order valence-electron chi connectivity index (χ4n) is 1.98. The van der Waals surface area contributed by atoms with Gasteiger partial charge in [-0.25, -0.2) is 4.99 Å². The topological polar surface area (TPSA) is 62.7 Å². The predicted octanol–water partition coefficient (Wildman–Crippen LogP) is 0.409. The van der Waals surface area contributed by atoms with Crippen molar-refractivity contribution in [2.24, 2.45) is 4.99 Å². The van der Waals surface area contributed by atoms with E-state index in [0.29, 0.717) is 12.6 Å². The van der Waals surface area contributed by atoms with Crippen LogP contribution in [0.5, 0.6) is 0 Å². The number of guanidine groups is 1. The van der Waals surface area contributed by atoms with Gasteiger partial charge in [0.2, 0.25) is 0 Å². The third-order valence-electron chi connectivity index (χ3n) is 2.69. The maximum absolute atomic E-state index is 11.9. The zero-order chi connectivity index (χ0) is 11.8. The Bertz CT molecular complexity index is 325. The smallest absolute Gasteiger partial charge is 0.257 e. The molecule has 1 spiro atoms. The summed E-state index contributed by atoms with van der Waals surface area (Å²) in [6.45, 7) is 7.22. The van der Waals surface area contributed by atoms with Crippen LogP contribution in [0.25, 0.3) is 0 Å². The van der Waals surface area contributed by atoms with Crippen LogP contribution in [0, 0.1) is 0 Å². The second-order valence-corrected chi connectivity index (χ2v) is 5.48. The minimum absolute atomic E-state index is 0.0426. The van der Waals surface area contributed by atoms with Gasteiger partial charge in [0.05, 0.1) is 6.61 Å². The van der Waals surface area contributed by atoms with Crippen LogP contribution in [0.1, 0.15) is 33.6 Å². The molecule has 0 bridgehead atoms. The number of hydrogen-bond acceptors (Lipinski definition) is 4. The summed E-state index contributed by atoms with van der Waals surface area (Å²) in [5.41, 5.74) is -0.779. The average Bonchev–Trinajstić information content (AvgIpc) is 2.41. The number of carbonyl (C=O) groups excluding carboxylic acids is 1. The van der Waals surface area contributed by atoms with Crippen LogP contribution < -0.4 is 10.6 Å². The number of rotatable bonds is 0. The van der Waals surface area contributed by atoms with Crippen LogP contribution in [0.3, 0.4) is 0 Å². The average molecular weight is 225 g/mol. The van der Waals surface area contributed by atoms with Crippen LogP contribution in [0.2, 0.25) is 0 Å². The first kappa shape index (κ1) is 11.4. The molecule has 1 saturated heterocycles. The molecule has 0 aliphatic carbocycles. The van der Waals surface area contributed by atoms with Crippen LogP contribution in [0.15, 0.2) is 4.99 Å². The summed E-state index contributed by atoms with van der Waals surface area (Å²) in [4.78, 5) is 16.4. The third-order valence-corrected chi connectivity index (χ3v) is 2.69. The van der Waals surface area contributed by atoms with Gasteiger partial charge in [-0.05, 0) is 33.6 Å². The fraction of sp³-hybridized carbons (Fsp3) is 0.818. The van der Waals surface area contributed by atoms with E-state index in [1.165, 1.54) is 0 Å². The molecule has 0 aromatic carbocycles. The minimum atomic E-state index is -0.675. The van der Waals surface area contributed by atoms with Crippen LogP contribution in [-0.2, 0) is 9.53 Å². The predicted molar refractivity (Wildman–Crippen MR) is 61.3 cm³/mol. The van der Waals surface area contributed by atoms with Gasteiger partial charge in [0, 0.05) is 12.1 Å². The van der Waals surface area contributed by atoms with E-state index in [0.717, 1.165) is 19.4 Å². The quantitative estimate of drug-likeness (QED) is 0.627. The first-order valence-electron chi connectivity index (χ1n) is 5.69. The van der Waals surface area contributed by atoms with Gasteiger partial charge in [-0.1, -0.05) is 0 Å². The summed E-state index contributed by atoms with van der Waals surface area (Å²) in [6, 6.07) is 0. The Hall–Kier alpha value is -1.10. The molecular formula is C11H19N3O2. The van der Waals surface area contributed by atoms with Crippen molar-refractivity contribution in [2.75, 3.05) is 13.2 Å². The lowest BCUT2D eigenvalue weighted by Gasteiger charge is -2.27. The van der Waals surface area contributed by atoms with E-state index in [2.05, 4.69) is 15.6 Å². The Morgan fingerprint density at radius 3 is 2.81 bits per heavy atom. The van der Waals surface area contributed by atoms with Crippen molar-refractivity contribution in [3.63, 3.8) is 0 Å². The lowest BCUT2D eigenvalue weighted by Crippen LogP contribution is -2.49. The molecule has 5 nitrogen and oxygen atoms in total. The minimum Gasteiger partial charge on any atom is -0.378 e. The van der Waals surface area contributed by atoms with Gasteiger partial charge >= 0.3 is 0 Å². The highest BCUT2D eigenvalue weighted by atomic mass is 16.5. The number of amides is 1. The second kappa shape index (κ2) is 3.73. The maximum Gasteiger partial charge on any atom is 0.257 e. The molecule has 1 amide bonds. The largest absolute Gasteiger partial charge is 0.378 e. The molecular weight excluding hydrogens is 206 g/mol. The molecule has 1 unspecified atom stereocenters. The van der Waals surface area contributed by atoms with E-state index in [9.17, 15) is 4.79 Å². The van der Waals surface area contributed by atoms with E-state index in [-0.39, 0.29) is 11.4 Å². The molecule has 5 heteroatoms. The lowest BCUT2D eigenvalue weighted by atomic mass is 9.93. The molecule has 2 heterocycles. The van der Waals surface area contributed by atoms with Crippen LogP contribution in [0.4, 0.5) is 0 Å². The number of nitrogens with one attached hydrogen (secondary N) is 2. The Morgan fingerprint density at radius 2 is 2.25 bits per heavy atom. The molecule has 2 aliphatic heterocycles. The van der Waals surface area contributed by atoms with Gasteiger partial charge in [0.1, 0.15) is 0 Å². The van der Waals surface area contributed by atoms with E-state index in [4.69, 9.17) is 4.74 Å². The van der Waals surface area contributed by atoms with Crippen molar-refractivity contribution in [2.45, 2.75) is 44.7 Å². The summed E-state index contributed by atoms with van der Waals surface area (Å²) in [5, 5.41) is 5.97. The number of aliphatic imine (C=N–C) groups is 1. The molecule has 2 N–H and O–H groups in total. The van der Waals surface area contributed by atoms with Crippen molar-refractivity contribution in [3.05, 3.63) is 0 Å². The molecule has 1 fully saturated rings. The summed E-state index contributed by atoms with van der Waals surface area (Å²) >= 11 is 0. The highest BCUT2D eigenvalue weighted by Gasteiger charge is 2.45. The second-order valence-electron chi connectivity index (χ2n) is 5.48. The number of hydrogen-bond donors (Lipinski definition) is 2. The molecule has 2 aliphatic rings. The summed E-state index contributed by atoms with van der Waals surface area (Å²) in [5.74, 6) is 0.530. The van der Waals surface area contributed by atoms with E-state index < -0.39 is 5.54 Å². The molecule has 90 valence electrons. The highest BCUT2D eigenvalue weighted by molar-refractivity contribution is 6.07. The Balaban J connectivity index is 2.13. The van der Waals surface area contributed by atoms with Gasteiger partial charge in [-0.3, -0.25) is 10.1 Å². The zero-order valence-corrected chi connectivity index (χ0v) is 10.1. The number of ether oxygens (including phenoxy) is 1. The zero-order valence-electron chi connectivity index (χ0n) is 10.1. The molecule has 0 aromatic heterocycles. The summed E-state index contributed by atoms with van der Waals surface area (Å²) < 4.78 is 5.36. The Morgan fingerprint density at radius 1 is 1.50 bits per heavy atom. The van der Waals surface area contributed by atoms with Gasteiger partial charge in [-0.2, -0.15) is 0 Å². The molecule has 0 aromatic rings. The lowest BCUT2D eigenvalue weighted by molar-refractivity contribution is -0.128. The van der Waals surface area contributed by atoms with Gasteiger partial charge in [0.15, 0.2) is 11.5 Å². The first-order chi connectivity index (χ1) is 7.41.